The van der Waals surface area contributed by atoms with E-state index in [2.05, 4.69) is 0 Å². The monoisotopic (exact) mass is 959 g/mol. The second-order valence-corrected chi connectivity index (χ2v) is 20.5. The topological polar surface area (TPSA) is 117 Å². The minimum absolute atomic E-state index is 0.107. The van der Waals surface area contributed by atoms with Gasteiger partial charge in [-0.1, -0.05) is 29.8 Å². The Kier molecular flexibility index (Phi) is 16.2. The molecule has 0 radical (unpaired) electrons. The molecule has 2 heterocycles. The summed E-state index contributed by atoms with van der Waals surface area (Å²) in [6.45, 7) is 9.28. The number of hydrogen-bond donors (Lipinski definition) is 0. The van der Waals surface area contributed by atoms with Gasteiger partial charge in [-0.15, -0.1) is 23.5 Å². The molecule has 0 aromatic heterocycles. The summed E-state index contributed by atoms with van der Waals surface area (Å²) >= 11 is 2.92. The van der Waals surface area contributed by atoms with Crippen LogP contribution in [0.25, 0.3) is 12.2 Å². The molecule has 5 aromatic carbocycles. The zero-order valence-electron chi connectivity index (χ0n) is 39.1. The number of aryl methyl sites for hydroxylation is 1. The van der Waals surface area contributed by atoms with Gasteiger partial charge in [0.25, 0.3) is 10.1 Å². The number of hydrogen-bond acceptors (Lipinski definition) is 13. The zero-order valence-corrected chi connectivity index (χ0v) is 41.5. The van der Waals surface area contributed by atoms with Gasteiger partial charge in [-0.2, -0.15) is 8.42 Å². The second kappa shape index (κ2) is 21.4. The summed E-state index contributed by atoms with van der Waals surface area (Å²) < 4.78 is 90.2. The molecule has 0 spiro atoms. The first kappa shape index (κ1) is 49.9. The molecule has 0 saturated heterocycles. The van der Waals surface area contributed by atoms with E-state index in [1.165, 1.54) is 30.6 Å². The molecular weight excluding hydrogens is 903 g/mol. The first-order valence-electron chi connectivity index (χ1n) is 21.0. The third-order valence-electron chi connectivity index (χ3n) is 10.5. The summed E-state index contributed by atoms with van der Waals surface area (Å²) in [6, 6.07) is 25.6. The van der Waals surface area contributed by atoms with Crippen molar-refractivity contribution in [2.45, 2.75) is 71.0 Å². The van der Waals surface area contributed by atoms with Crippen LogP contribution in [-0.4, -0.2) is 75.6 Å². The molecule has 66 heavy (non-hydrogen) atoms. The molecule has 2 aliphatic rings. The van der Waals surface area contributed by atoms with Crippen molar-refractivity contribution in [1.29, 1.82) is 0 Å². The molecule has 0 bridgehead atoms. The van der Waals surface area contributed by atoms with E-state index in [0.29, 0.717) is 34.5 Å². The Labute approximate surface area is 396 Å². The predicted octanol–water partition coefficient (Wildman–Crippen LogP) is 12.1. The summed E-state index contributed by atoms with van der Waals surface area (Å²) in [5.74, 6) is 4.55. The van der Waals surface area contributed by atoms with E-state index in [0.717, 1.165) is 49.1 Å². The number of benzene rings is 5. The maximum atomic E-state index is 14.0. The molecule has 0 aliphatic carbocycles. The SMILES string of the molecule is COc1cc(C(COS(=O)(=O)c2ccc(C)cc2)Sc2ccc3c(c2)C=CC(C)(C)O3)cc(OC)c1OC.COc1cc(C(C[18F])Sc2ccc3c(c2)C=CC(C)(C)O3)cc(OC)c1OC. The molecule has 5 aromatic rings. The predicted molar refractivity (Wildman–Crippen MR) is 260 cm³/mol. The minimum atomic E-state index is -3.98. The summed E-state index contributed by atoms with van der Waals surface area (Å²) in [4.78, 5) is 1.99. The Hall–Kier alpha value is -5.48. The van der Waals surface area contributed by atoms with E-state index in [4.69, 9.17) is 42.1 Å². The van der Waals surface area contributed by atoms with Crippen molar-refractivity contribution in [3.05, 3.63) is 125 Å². The van der Waals surface area contributed by atoms with Crippen LogP contribution < -0.4 is 37.9 Å². The van der Waals surface area contributed by atoms with Crippen LogP contribution in [0.2, 0.25) is 0 Å². The van der Waals surface area contributed by atoms with Crippen molar-refractivity contribution in [2.24, 2.45) is 0 Å². The largest absolute Gasteiger partial charge is 0.493 e. The Bertz CT molecular complexity index is 2610. The van der Waals surface area contributed by atoms with Gasteiger partial charge < -0.3 is 37.9 Å². The fourth-order valence-corrected chi connectivity index (χ4v) is 10.2. The average Bonchev–Trinajstić information content (AvgIpc) is 3.30. The number of methoxy groups -OCH3 is 6. The van der Waals surface area contributed by atoms with Crippen molar-refractivity contribution < 1.29 is 54.9 Å². The molecule has 15 heteroatoms. The number of ether oxygens (including phenoxy) is 8. The standard InChI is InChI=1S/C29H32O7S2.C22H25FO4S/c1-19-7-10-23(11-8-19)38(30,31)35-18-27(21-16-25(32-4)28(34-6)26(17-21)33-5)37-22-9-12-24-20(15-22)13-14-29(2,3)36-24;1-22(2)9-8-14-10-16(6-7-17(14)27-22)28-20(13-23)15-11-18(24-3)21(26-5)19(12-15)25-4/h7-17,27H,18H2,1-6H3;6-12,20H,13H2,1-5H3/i;23-1. The van der Waals surface area contributed by atoms with Crippen LogP contribution >= 0.6 is 23.5 Å². The lowest BCUT2D eigenvalue weighted by Crippen LogP contribution is -2.27. The van der Waals surface area contributed by atoms with Gasteiger partial charge in [-0.25, -0.2) is 4.39 Å². The van der Waals surface area contributed by atoms with Crippen LogP contribution in [0.3, 0.4) is 0 Å². The van der Waals surface area contributed by atoms with Crippen LogP contribution in [0.15, 0.2) is 112 Å². The smallest absolute Gasteiger partial charge is 0.297 e. The normalized spacial score (nSPS) is 15.0. The number of halogens is 1. The van der Waals surface area contributed by atoms with Crippen molar-refractivity contribution in [2.75, 3.05) is 55.9 Å². The number of alkyl halides is 1. The highest BCUT2D eigenvalue weighted by Gasteiger charge is 2.27. The lowest BCUT2D eigenvalue weighted by Gasteiger charge is -2.28. The van der Waals surface area contributed by atoms with Crippen LogP contribution in [0, 0.1) is 6.92 Å². The Morgan fingerprint density at radius 3 is 1.38 bits per heavy atom. The van der Waals surface area contributed by atoms with Crippen molar-refractivity contribution in [3.63, 3.8) is 0 Å². The Morgan fingerprint density at radius 2 is 0.985 bits per heavy atom. The molecule has 0 N–H and O–H groups in total. The number of thioether (sulfide) groups is 2. The van der Waals surface area contributed by atoms with Crippen molar-refractivity contribution in [3.8, 4) is 46.0 Å². The van der Waals surface area contributed by atoms with Crippen LogP contribution in [0.4, 0.5) is 4.39 Å². The van der Waals surface area contributed by atoms with Gasteiger partial charge in [-0.3, -0.25) is 4.18 Å². The van der Waals surface area contributed by atoms with E-state index in [9.17, 15) is 12.8 Å². The second-order valence-electron chi connectivity index (χ2n) is 16.3. The number of fused-ring (bicyclic) bond motifs is 2. The fraction of sp³-hybridized carbons (Fsp3) is 0.333. The zero-order chi connectivity index (χ0) is 47.8. The highest BCUT2D eigenvalue weighted by Crippen LogP contribution is 2.47. The summed E-state index contributed by atoms with van der Waals surface area (Å²) in [7, 11) is 5.29. The van der Waals surface area contributed by atoms with Crippen LogP contribution in [0.5, 0.6) is 46.0 Å². The maximum Gasteiger partial charge on any atom is 0.297 e. The highest BCUT2D eigenvalue weighted by atomic mass is 32.2. The van der Waals surface area contributed by atoms with Gasteiger partial charge in [0.15, 0.2) is 23.0 Å². The molecule has 2 unspecified atom stereocenters. The van der Waals surface area contributed by atoms with Crippen molar-refractivity contribution >= 4 is 45.8 Å². The Morgan fingerprint density at radius 1 is 0.576 bits per heavy atom. The minimum Gasteiger partial charge on any atom is -0.493 e. The quantitative estimate of drug-likeness (QED) is 0.0651. The summed E-state index contributed by atoms with van der Waals surface area (Å²) in [6.07, 6.45) is 8.12. The van der Waals surface area contributed by atoms with Crippen LogP contribution in [-0.2, 0) is 14.3 Å². The number of rotatable bonds is 17. The molecule has 11 nitrogen and oxygen atoms in total. The van der Waals surface area contributed by atoms with Gasteiger partial charge in [0.1, 0.15) is 29.4 Å². The van der Waals surface area contributed by atoms with E-state index in [-0.39, 0.29) is 22.7 Å². The molecule has 0 amide bonds. The first-order chi connectivity index (χ1) is 31.4. The van der Waals surface area contributed by atoms with Gasteiger partial charge >= 0.3 is 0 Å². The lowest BCUT2D eigenvalue weighted by molar-refractivity contribution is 0.158. The van der Waals surface area contributed by atoms with Crippen molar-refractivity contribution in [1.82, 2.24) is 0 Å². The molecule has 2 atom stereocenters. The molecule has 0 saturated carbocycles. The van der Waals surface area contributed by atoms with Gasteiger partial charge in [-0.05, 0) is 131 Å². The first-order valence-corrected chi connectivity index (χ1v) is 24.1. The molecule has 2 aliphatic heterocycles. The maximum absolute atomic E-state index is 14.0. The van der Waals surface area contributed by atoms with E-state index >= 15 is 0 Å². The van der Waals surface area contributed by atoms with E-state index < -0.39 is 27.3 Å². The van der Waals surface area contributed by atoms with Gasteiger partial charge in [0.2, 0.25) is 11.5 Å². The average molecular weight is 960 g/mol. The van der Waals surface area contributed by atoms with Crippen LogP contribution in [0.1, 0.15) is 66.0 Å². The third-order valence-corrected chi connectivity index (χ3v) is 14.3. The summed E-state index contributed by atoms with van der Waals surface area (Å²) in [5, 5.41) is -0.830. The highest BCUT2D eigenvalue weighted by molar-refractivity contribution is 7.99. The van der Waals surface area contributed by atoms with E-state index in [1.807, 2.05) is 107 Å². The molecule has 352 valence electrons. The van der Waals surface area contributed by atoms with Gasteiger partial charge in [0, 0.05) is 20.9 Å². The molecular formula is C51H57FO11S3. The molecule has 0 fully saturated rings. The molecule has 7 rings (SSSR count). The van der Waals surface area contributed by atoms with E-state index in [1.54, 1.807) is 71.9 Å². The van der Waals surface area contributed by atoms with Gasteiger partial charge in [0.05, 0.1) is 64.7 Å². The lowest BCUT2D eigenvalue weighted by atomic mass is 10.0. The third kappa shape index (κ3) is 12.1. The Balaban J connectivity index is 0.000000229. The fourth-order valence-electron chi connectivity index (χ4n) is 7.08. The summed E-state index contributed by atoms with van der Waals surface area (Å²) in [5.41, 5.74) is 3.74.